The lowest BCUT2D eigenvalue weighted by molar-refractivity contribution is 0.0504. The van der Waals surface area contributed by atoms with Crippen LogP contribution in [0.3, 0.4) is 0 Å². The molecule has 1 atom stereocenters. The van der Waals surface area contributed by atoms with Crippen molar-refractivity contribution in [1.29, 1.82) is 0 Å². The third-order valence-electron chi connectivity index (χ3n) is 5.49. The largest absolute Gasteiger partial charge is 0.535 e. The summed E-state index contributed by atoms with van der Waals surface area (Å²) in [6.45, 7) is -0.599. The van der Waals surface area contributed by atoms with Gasteiger partial charge in [0.25, 0.3) is 5.91 Å². The molecule has 1 amide bonds. The van der Waals surface area contributed by atoms with Crippen molar-refractivity contribution in [1.82, 2.24) is 21.2 Å². The smallest absolute Gasteiger partial charge is 0.370 e. The van der Waals surface area contributed by atoms with Gasteiger partial charge in [-0.25, -0.2) is 10.2 Å². The third kappa shape index (κ3) is 7.39. The predicted octanol–water partition coefficient (Wildman–Crippen LogP) is 2.21. The summed E-state index contributed by atoms with van der Waals surface area (Å²) in [7, 11) is 0. The molecular formula is C23H23BN8O6. The highest BCUT2D eigenvalue weighted by atomic mass is 16.7. The number of benzene rings is 2. The molecule has 0 saturated heterocycles. The van der Waals surface area contributed by atoms with Crippen LogP contribution >= 0.6 is 0 Å². The van der Waals surface area contributed by atoms with E-state index in [1.54, 1.807) is 30.6 Å². The van der Waals surface area contributed by atoms with E-state index in [2.05, 4.69) is 41.3 Å². The van der Waals surface area contributed by atoms with E-state index in [1.165, 1.54) is 18.2 Å². The van der Waals surface area contributed by atoms with Crippen LogP contribution in [0, 0.1) is 14.7 Å². The Morgan fingerprint density at radius 2 is 1.74 bits per heavy atom. The molecular weight excluding hydrogens is 495 g/mol. The van der Waals surface area contributed by atoms with Gasteiger partial charge in [0.1, 0.15) is 5.69 Å². The number of nitrogens with zero attached hydrogens (tertiary/aromatic N) is 4. The number of hydrogen-bond acceptors (Lipinski definition) is 13. The highest BCUT2D eigenvalue weighted by Crippen LogP contribution is 2.26. The number of hydrazine groups is 1. The van der Waals surface area contributed by atoms with Crippen molar-refractivity contribution in [3.05, 3.63) is 110 Å². The number of carbonyl (C=O) groups is 2. The van der Waals surface area contributed by atoms with E-state index in [9.17, 15) is 24.3 Å². The number of amides is 1. The molecule has 1 heterocycles. The van der Waals surface area contributed by atoms with E-state index in [0.29, 0.717) is 18.7 Å². The highest BCUT2D eigenvalue weighted by molar-refractivity contribution is 6.56. The maximum atomic E-state index is 12.8. The first-order valence-electron chi connectivity index (χ1n) is 11.3. The summed E-state index contributed by atoms with van der Waals surface area (Å²) in [5, 5.41) is 11.5. The number of nitrogens with two attached hydrogens (primary N) is 1. The van der Waals surface area contributed by atoms with Crippen molar-refractivity contribution >= 4 is 24.5 Å². The first kappa shape index (κ1) is 27.9. The number of carbonyl (C=O) groups excluding carboxylic acids is 2. The van der Waals surface area contributed by atoms with Gasteiger partial charge in [0, 0.05) is 31.0 Å². The van der Waals surface area contributed by atoms with Crippen LogP contribution in [-0.2, 0) is 24.3 Å². The Kier molecular flexibility index (Phi) is 10.4. The quantitative estimate of drug-likeness (QED) is 0.139. The average Bonchev–Trinajstić information content (AvgIpc) is 2.96. The summed E-state index contributed by atoms with van der Waals surface area (Å²) >= 11 is 0. The van der Waals surface area contributed by atoms with Crippen LogP contribution in [0.1, 0.15) is 37.4 Å². The number of pyridine rings is 1. The van der Waals surface area contributed by atoms with Crippen LogP contribution in [0.4, 0.5) is 5.69 Å². The molecule has 15 heteroatoms. The number of rotatable bonds is 14. The van der Waals surface area contributed by atoms with Crippen molar-refractivity contribution in [2.24, 2.45) is 21.2 Å². The summed E-state index contributed by atoms with van der Waals surface area (Å²) in [4.78, 5) is 66.7. The monoisotopic (exact) mass is 518 g/mol. The van der Waals surface area contributed by atoms with Gasteiger partial charge in [-0.3, -0.25) is 15.2 Å². The van der Waals surface area contributed by atoms with Gasteiger partial charge in [0.15, 0.2) is 0 Å². The van der Waals surface area contributed by atoms with Gasteiger partial charge in [-0.2, -0.15) is 15.7 Å². The first-order chi connectivity index (χ1) is 18.5. The number of hydrogen-bond donors (Lipinski definition) is 4. The van der Waals surface area contributed by atoms with Gasteiger partial charge in [0.2, 0.25) is 0 Å². The summed E-state index contributed by atoms with van der Waals surface area (Å²) in [5.41, 5.74) is 6.79. The standard InChI is InChI=1S/C23H23BN8O6/c25-38-23(34)19-8-2-6-17(21(19)30-35)11-20(24(31-36)32-37)28-29-22(33)18-7-1-4-15(10-18)12-27-14-16-5-3-9-26-13-16/h1-10,13,20,27-28H,11-12,14,25H2,(H,29,33)/t20-/m0/s1. The Bertz CT molecular complexity index is 1290. The molecule has 38 heavy (non-hydrogen) atoms. The molecule has 0 unspecified atom stereocenters. The fraction of sp³-hybridized carbons (Fsp3) is 0.174. The summed E-state index contributed by atoms with van der Waals surface area (Å²) < 4.78 is 0. The number of aromatic nitrogens is 1. The van der Waals surface area contributed by atoms with E-state index >= 15 is 0 Å². The van der Waals surface area contributed by atoms with Crippen molar-refractivity contribution in [2.75, 3.05) is 0 Å². The highest BCUT2D eigenvalue weighted by Gasteiger charge is 2.33. The SMILES string of the molecule is NOC(=O)c1cccc(C[C@H](NNC(=O)c2cccc(CNCc3cccnc3)c2)B(N=O)N=O)c1N=O. The number of nitrogens with one attached hydrogen (secondary N) is 3. The molecule has 14 nitrogen and oxygen atoms in total. The van der Waals surface area contributed by atoms with E-state index in [4.69, 9.17) is 5.90 Å². The van der Waals surface area contributed by atoms with Gasteiger partial charge in [-0.05, 0) is 52.6 Å². The lowest BCUT2D eigenvalue weighted by Crippen LogP contribution is -2.51. The molecule has 5 N–H and O–H groups in total. The minimum atomic E-state index is -1.68. The van der Waals surface area contributed by atoms with Gasteiger partial charge in [-0.1, -0.05) is 30.3 Å². The van der Waals surface area contributed by atoms with Crippen molar-refractivity contribution in [3.8, 4) is 0 Å². The van der Waals surface area contributed by atoms with Gasteiger partial charge in [0.05, 0.1) is 11.5 Å². The zero-order valence-corrected chi connectivity index (χ0v) is 19.9. The van der Waals surface area contributed by atoms with Gasteiger partial charge < -0.3 is 10.2 Å². The molecule has 0 radical (unpaired) electrons. The van der Waals surface area contributed by atoms with Crippen molar-refractivity contribution < 1.29 is 14.4 Å². The minimum absolute atomic E-state index is 0.161. The average molecular weight is 518 g/mol. The molecule has 0 spiro atoms. The fourth-order valence-electron chi connectivity index (χ4n) is 3.63. The second-order valence-corrected chi connectivity index (χ2v) is 8.01. The molecule has 2 aromatic carbocycles. The van der Waals surface area contributed by atoms with E-state index in [0.717, 1.165) is 11.1 Å². The zero-order valence-electron chi connectivity index (χ0n) is 19.9. The molecule has 0 aliphatic rings. The van der Waals surface area contributed by atoms with E-state index in [-0.39, 0.29) is 23.2 Å². The molecule has 3 aromatic rings. The Morgan fingerprint density at radius 3 is 2.42 bits per heavy atom. The van der Waals surface area contributed by atoms with E-state index in [1.807, 2.05) is 18.2 Å². The molecule has 0 saturated carbocycles. The molecule has 0 bridgehead atoms. The lowest BCUT2D eigenvalue weighted by atomic mass is 9.68. The van der Waals surface area contributed by atoms with Crippen LogP contribution < -0.4 is 22.1 Å². The van der Waals surface area contributed by atoms with Gasteiger partial charge >= 0.3 is 13.0 Å². The topological polar surface area (TPSA) is 207 Å². The molecule has 194 valence electrons. The van der Waals surface area contributed by atoms with Gasteiger partial charge in [-0.15, -0.1) is 15.1 Å². The molecule has 1 aromatic heterocycles. The molecule has 0 aliphatic carbocycles. The van der Waals surface area contributed by atoms with Crippen LogP contribution in [0.5, 0.6) is 0 Å². The fourth-order valence-corrected chi connectivity index (χ4v) is 3.63. The minimum Gasteiger partial charge on any atom is -0.370 e. The Labute approximate surface area is 216 Å². The summed E-state index contributed by atoms with van der Waals surface area (Å²) in [5.74, 6) is 2.15. The summed E-state index contributed by atoms with van der Waals surface area (Å²) in [6, 6.07) is 14.7. The molecule has 0 aliphatic heterocycles. The second-order valence-electron chi connectivity index (χ2n) is 8.01. The lowest BCUT2D eigenvalue weighted by Gasteiger charge is -2.18. The van der Waals surface area contributed by atoms with Crippen molar-refractivity contribution in [3.63, 3.8) is 0 Å². The first-order valence-corrected chi connectivity index (χ1v) is 11.3. The van der Waals surface area contributed by atoms with Crippen LogP contribution in [-0.4, -0.2) is 29.8 Å². The normalized spacial score (nSPS) is 11.2. The maximum absolute atomic E-state index is 12.8. The van der Waals surface area contributed by atoms with Crippen LogP contribution in [0.25, 0.3) is 0 Å². The Balaban J connectivity index is 1.69. The number of nitroso groups, excluding NO2 is 3. The zero-order chi connectivity index (χ0) is 27.3. The third-order valence-corrected chi connectivity index (χ3v) is 5.49. The van der Waals surface area contributed by atoms with E-state index < -0.39 is 24.8 Å². The second kappa shape index (κ2) is 14.1. The van der Waals surface area contributed by atoms with Crippen LogP contribution in [0.2, 0.25) is 0 Å². The molecule has 3 rings (SSSR count). The molecule has 0 fully saturated rings. The summed E-state index contributed by atoms with van der Waals surface area (Å²) in [6.07, 6.45) is 3.21. The van der Waals surface area contributed by atoms with Crippen LogP contribution in [0.15, 0.2) is 82.3 Å². The Hall–Kier alpha value is -4.73. The Morgan fingerprint density at radius 1 is 1.00 bits per heavy atom. The maximum Gasteiger partial charge on any atom is 0.535 e. The predicted molar refractivity (Wildman–Crippen MR) is 138 cm³/mol. The van der Waals surface area contributed by atoms with Crippen molar-refractivity contribution in [2.45, 2.75) is 25.5 Å².